The Morgan fingerprint density at radius 1 is 1.00 bits per heavy atom. The summed E-state index contributed by atoms with van der Waals surface area (Å²) in [5, 5.41) is 0.0405. The van der Waals surface area contributed by atoms with Crippen LogP contribution in [-0.4, -0.2) is 41.3 Å². The summed E-state index contributed by atoms with van der Waals surface area (Å²) >= 11 is 6.22. The summed E-state index contributed by atoms with van der Waals surface area (Å²) < 4.78 is 43.8. The predicted molar refractivity (Wildman–Crippen MR) is 125 cm³/mol. The molecule has 0 atom stereocenters. The fourth-order valence-corrected chi connectivity index (χ4v) is 5.56. The van der Waals surface area contributed by atoms with Crippen LogP contribution in [0.2, 0.25) is 5.02 Å². The van der Waals surface area contributed by atoms with Gasteiger partial charge in [0, 0.05) is 6.54 Å². The fraction of sp³-hybridized carbons (Fsp3) is 0.208. The predicted octanol–water partition coefficient (Wildman–Crippen LogP) is 4.34. The van der Waals surface area contributed by atoms with Gasteiger partial charge in [-0.05, 0) is 60.5 Å². The van der Waals surface area contributed by atoms with Crippen LogP contribution in [0.4, 0.5) is 5.69 Å². The second-order valence-electron chi connectivity index (χ2n) is 7.26. The zero-order valence-corrected chi connectivity index (χ0v) is 19.4. The number of ether oxygens (including phenoxy) is 3. The summed E-state index contributed by atoms with van der Waals surface area (Å²) in [6.45, 7) is 0.450. The molecule has 0 fully saturated rings. The lowest BCUT2D eigenvalue weighted by Gasteiger charge is -2.20. The zero-order chi connectivity index (χ0) is 23.4. The highest BCUT2D eigenvalue weighted by Gasteiger charge is 2.32. The van der Waals surface area contributed by atoms with E-state index in [9.17, 15) is 13.2 Å². The van der Waals surface area contributed by atoms with Crippen LogP contribution in [0.25, 0.3) is 0 Å². The second kappa shape index (κ2) is 9.72. The van der Waals surface area contributed by atoms with Gasteiger partial charge in [0.25, 0.3) is 10.0 Å². The second-order valence-corrected chi connectivity index (χ2v) is 9.50. The van der Waals surface area contributed by atoms with Crippen molar-refractivity contribution in [2.45, 2.75) is 11.3 Å². The van der Waals surface area contributed by atoms with E-state index in [1.807, 2.05) is 12.1 Å². The third-order valence-corrected chi connectivity index (χ3v) is 7.52. The van der Waals surface area contributed by atoms with Crippen LogP contribution in [0.3, 0.4) is 0 Å². The Hall–Kier alpha value is -3.23. The highest BCUT2D eigenvalue weighted by molar-refractivity contribution is 7.93. The first-order valence-electron chi connectivity index (χ1n) is 10.2. The van der Waals surface area contributed by atoms with E-state index >= 15 is 0 Å². The Labute approximate surface area is 197 Å². The normalized spacial score (nSPS) is 12.8. The third kappa shape index (κ3) is 4.91. The molecule has 0 radical (unpaired) electrons. The molecule has 9 heteroatoms. The third-order valence-electron chi connectivity index (χ3n) is 5.22. The molecule has 0 aliphatic carbocycles. The summed E-state index contributed by atoms with van der Waals surface area (Å²) in [6.07, 6.45) is 0.614. The molecule has 0 amide bonds. The lowest BCUT2D eigenvalue weighted by molar-refractivity contribution is 0.0450. The Bertz CT molecular complexity index is 1260. The molecule has 7 nitrogen and oxygen atoms in total. The number of carbonyl (C=O) groups is 1. The van der Waals surface area contributed by atoms with Crippen molar-refractivity contribution >= 4 is 33.3 Å². The molecule has 1 aliphatic heterocycles. The number of hydrogen-bond donors (Lipinski definition) is 0. The van der Waals surface area contributed by atoms with Gasteiger partial charge in [0.2, 0.25) is 0 Å². The van der Waals surface area contributed by atoms with Gasteiger partial charge in [-0.3, -0.25) is 4.31 Å². The van der Waals surface area contributed by atoms with Crippen molar-refractivity contribution in [1.29, 1.82) is 0 Å². The van der Waals surface area contributed by atoms with Crippen LogP contribution in [0.5, 0.6) is 11.5 Å². The van der Waals surface area contributed by atoms with Gasteiger partial charge in [-0.15, -0.1) is 0 Å². The largest absolute Gasteiger partial charge is 0.497 e. The number of halogens is 1. The Kier molecular flexibility index (Phi) is 6.76. The van der Waals surface area contributed by atoms with Crippen LogP contribution in [0.15, 0.2) is 71.6 Å². The van der Waals surface area contributed by atoms with E-state index < -0.39 is 16.0 Å². The summed E-state index contributed by atoms with van der Waals surface area (Å²) in [5.74, 6) is 0.653. The molecule has 172 valence electrons. The smallest absolute Gasteiger partial charge is 0.338 e. The molecular weight excluding hydrogens is 466 g/mol. The quantitative estimate of drug-likeness (QED) is 0.347. The zero-order valence-electron chi connectivity index (χ0n) is 17.9. The van der Waals surface area contributed by atoms with Gasteiger partial charge < -0.3 is 14.2 Å². The number of nitrogens with zero attached hydrogens (tertiary/aromatic N) is 1. The van der Waals surface area contributed by atoms with E-state index in [4.69, 9.17) is 25.8 Å². The van der Waals surface area contributed by atoms with Gasteiger partial charge in [0.15, 0.2) is 0 Å². The minimum atomic E-state index is -3.95. The Morgan fingerprint density at radius 2 is 1.73 bits per heavy atom. The van der Waals surface area contributed by atoms with Gasteiger partial charge in [0.05, 0.1) is 23.4 Å². The van der Waals surface area contributed by atoms with Crippen LogP contribution in [0.1, 0.15) is 15.9 Å². The number of anilines is 1. The number of para-hydroxylation sites is 1. The van der Waals surface area contributed by atoms with Crippen molar-refractivity contribution in [2.24, 2.45) is 0 Å². The average molecular weight is 488 g/mol. The number of methoxy groups -OCH3 is 1. The van der Waals surface area contributed by atoms with E-state index in [0.717, 1.165) is 5.56 Å². The lowest BCUT2D eigenvalue weighted by atomic mass is 10.2. The Balaban J connectivity index is 1.42. The number of benzene rings is 3. The van der Waals surface area contributed by atoms with E-state index in [0.29, 0.717) is 30.2 Å². The molecule has 0 saturated carbocycles. The molecule has 4 rings (SSSR count). The van der Waals surface area contributed by atoms with Crippen molar-refractivity contribution in [3.63, 3.8) is 0 Å². The summed E-state index contributed by atoms with van der Waals surface area (Å²) in [7, 11) is -2.37. The van der Waals surface area contributed by atoms with E-state index in [2.05, 4.69) is 0 Å². The maximum absolute atomic E-state index is 13.3. The molecule has 3 aromatic carbocycles. The van der Waals surface area contributed by atoms with Crippen molar-refractivity contribution in [3.8, 4) is 11.5 Å². The number of esters is 1. The molecule has 0 spiro atoms. The first-order chi connectivity index (χ1) is 15.9. The van der Waals surface area contributed by atoms with Crippen molar-refractivity contribution in [2.75, 3.05) is 31.2 Å². The number of fused-ring (bicyclic) bond motifs is 1. The molecule has 0 saturated heterocycles. The number of carbonyl (C=O) groups excluding carboxylic acids is 1. The van der Waals surface area contributed by atoms with Gasteiger partial charge in [0.1, 0.15) is 29.6 Å². The number of sulfonamides is 1. The fourth-order valence-electron chi connectivity index (χ4n) is 3.55. The van der Waals surface area contributed by atoms with Crippen LogP contribution in [0, 0.1) is 0 Å². The lowest BCUT2D eigenvalue weighted by Crippen LogP contribution is -2.29. The van der Waals surface area contributed by atoms with Gasteiger partial charge in [-0.1, -0.05) is 29.8 Å². The number of hydrogen-bond acceptors (Lipinski definition) is 6. The first kappa shape index (κ1) is 22.9. The van der Waals surface area contributed by atoms with Crippen LogP contribution in [-0.2, 0) is 21.2 Å². The van der Waals surface area contributed by atoms with Gasteiger partial charge in [-0.25, -0.2) is 13.2 Å². The summed E-state index contributed by atoms with van der Waals surface area (Å²) in [5.41, 5.74) is 1.66. The molecule has 0 unspecified atom stereocenters. The van der Waals surface area contributed by atoms with Crippen molar-refractivity contribution < 1.29 is 27.4 Å². The average Bonchev–Trinajstić information content (AvgIpc) is 3.27. The first-order valence-corrected chi connectivity index (χ1v) is 12.1. The molecule has 3 aromatic rings. The molecule has 0 N–H and O–H groups in total. The van der Waals surface area contributed by atoms with Crippen molar-refractivity contribution in [3.05, 3.63) is 82.9 Å². The van der Waals surface area contributed by atoms with Crippen LogP contribution < -0.4 is 13.8 Å². The molecule has 1 aliphatic rings. The minimum absolute atomic E-state index is 0.00489. The monoisotopic (exact) mass is 487 g/mol. The highest BCUT2D eigenvalue weighted by Crippen LogP contribution is 2.35. The van der Waals surface area contributed by atoms with E-state index in [1.165, 1.54) is 22.5 Å². The maximum Gasteiger partial charge on any atom is 0.338 e. The maximum atomic E-state index is 13.3. The standard InChI is InChI=1S/C24H22ClNO6S/c1-30-19-7-9-20(10-8-19)31-14-15-32-24(27)18-6-11-21(25)23(16-18)33(28,29)26-13-12-17-4-2-3-5-22(17)26/h2-11,16H,12-15H2,1H3. The SMILES string of the molecule is COc1ccc(OCCOC(=O)c2ccc(Cl)c(S(=O)(=O)N3CCc4ccccc43)c2)cc1. The van der Waals surface area contributed by atoms with Gasteiger partial charge >= 0.3 is 5.97 Å². The van der Waals surface area contributed by atoms with E-state index in [1.54, 1.807) is 43.5 Å². The minimum Gasteiger partial charge on any atom is -0.497 e. The van der Waals surface area contributed by atoms with Gasteiger partial charge in [-0.2, -0.15) is 0 Å². The number of rotatable bonds is 8. The molecule has 0 bridgehead atoms. The Morgan fingerprint density at radius 3 is 2.48 bits per heavy atom. The summed E-state index contributed by atoms with van der Waals surface area (Å²) in [6, 6.07) is 18.4. The van der Waals surface area contributed by atoms with Crippen LogP contribution >= 0.6 is 11.6 Å². The molecule has 33 heavy (non-hydrogen) atoms. The highest BCUT2D eigenvalue weighted by atomic mass is 35.5. The molecular formula is C24H22ClNO6S. The molecule has 1 heterocycles. The summed E-state index contributed by atoms with van der Waals surface area (Å²) in [4.78, 5) is 12.4. The molecule has 0 aromatic heterocycles. The topological polar surface area (TPSA) is 82.1 Å². The van der Waals surface area contributed by atoms with Crippen molar-refractivity contribution in [1.82, 2.24) is 0 Å². The van der Waals surface area contributed by atoms with E-state index in [-0.39, 0.29) is 28.7 Å².